The van der Waals surface area contributed by atoms with Crippen LogP contribution in [0.2, 0.25) is 0 Å². The van der Waals surface area contributed by atoms with E-state index in [1.54, 1.807) is 0 Å². The molecule has 3 heteroatoms. The third-order valence-electron chi connectivity index (χ3n) is 2.81. The molecule has 3 nitrogen and oxygen atoms in total. The first-order valence-corrected chi connectivity index (χ1v) is 4.87. The van der Waals surface area contributed by atoms with Crippen molar-refractivity contribution in [1.29, 1.82) is 0 Å². The number of hydrogen-bond donors (Lipinski definition) is 1. The minimum absolute atomic E-state index is 0.122. The van der Waals surface area contributed by atoms with Gasteiger partial charge in [0, 0.05) is 6.54 Å². The second-order valence-corrected chi connectivity index (χ2v) is 3.79. The van der Waals surface area contributed by atoms with Gasteiger partial charge >= 0.3 is 0 Å². The number of aliphatic hydroxyl groups excluding tert-OH is 1. The SMILES string of the molecule is OC[C@@H]1CC[C@H](CN2CCC2)O1. The molecular formula is C9H17NO2. The Labute approximate surface area is 73.3 Å². The predicted molar refractivity (Wildman–Crippen MR) is 46.0 cm³/mol. The van der Waals surface area contributed by atoms with Crippen LogP contribution in [0.1, 0.15) is 19.3 Å². The zero-order valence-electron chi connectivity index (χ0n) is 7.41. The van der Waals surface area contributed by atoms with Gasteiger partial charge in [-0.3, -0.25) is 0 Å². The van der Waals surface area contributed by atoms with Crippen molar-refractivity contribution in [2.45, 2.75) is 31.5 Å². The van der Waals surface area contributed by atoms with Crippen LogP contribution in [0.25, 0.3) is 0 Å². The first-order chi connectivity index (χ1) is 5.88. The third-order valence-corrected chi connectivity index (χ3v) is 2.81. The molecule has 2 saturated heterocycles. The van der Waals surface area contributed by atoms with Crippen molar-refractivity contribution in [3.63, 3.8) is 0 Å². The summed E-state index contributed by atoms with van der Waals surface area (Å²) in [4.78, 5) is 2.42. The van der Waals surface area contributed by atoms with Gasteiger partial charge in [0.25, 0.3) is 0 Å². The van der Waals surface area contributed by atoms with Gasteiger partial charge < -0.3 is 14.7 Å². The van der Waals surface area contributed by atoms with Gasteiger partial charge in [-0.15, -0.1) is 0 Å². The van der Waals surface area contributed by atoms with Gasteiger partial charge in [0.1, 0.15) is 0 Å². The van der Waals surface area contributed by atoms with Gasteiger partial charge in [-0.2, -0.15) is 0 Å². The average molecular weight is 171 g/mol. The van der Waals surface area contributed by atoms with Gasteiger partial charge in [-0.25, -0.2) is 0 Å². The molecule has 0 bridgehead atoms. The Bertz CT molecular complexity index is 147. The van der Waals surface area contributed by atoms with Crippen LogP contribution in [0.15, 0.2) is 0 Å². The number of aliphatic hydroxyl groups is 1. The Morgan fingerprint density at radius 2 is 2.00 bits per heavy atom. The summed E-state index contributed by atoms with van der Waals surface area (Å²) in [6, 6.07) is 0. The molecular weight excluding hydrogens is 154 g/mol. The van der Waals surface area contributed by atoms with Crippen LogP contribution >= 0.6 is 0 Å². The molecule has 2 atom stereocenters. The first kappa shape index (κ1) is 8.48. The van der Waals surface area contributed by atoms with Crippen molar-refractivity contribution >= 4 is 0 Å². The van der Waals surface area contributed by atoms with E-state index in [4.69, 9.17) is 9.84 Å². The highest BCUT2D eigenvalue weighted by Crippen LogP contribution is 2.21. The molecule has 2 aliphatic heterocycles. The van der Waals surface area contributed by atoms with Gasteiger partial charge in [0.15, 0.2) is 0 Å². The quantitative estimate of drug-likeness (QED) is 0.660. The normalized spacial score (nSPS) is 36.8. The van der Waals surface area contributed by atoms with Gasteiger partial charge in [-0.05, 0) is 32.4 Å². The predicted octanol–water partition coefficient (Wildman–Crippen LogP) is 0.232. The molecule has 0 saturated carbocycles. The molecule has 70 valence electrons. The lowest BCUT2D eigenvalue weighted by Gasteiger charge is -2.32. The van der Waals surface area contributed by atoms with Crippen LogP contribution in [0.5, 0.6) is 0 Å². The zero-order valence-corrected chi connectivity index (χ0v) is 7.41. The lowest BCUT2D eigenvalue weighted by atomic mass is 10.1. The van der Waals surface area contributed by atoms with E-state index in [-0.39, 0.29) is 12.7 Å². The molecule has 2 fully saturated rings. The van der Waals surface area contributed by atoms with Crippen molar-refractivity contribution in [2.24, 2.45) is 0 Å². The topological polar surface area (TPSA) is 32.7 Å². The molecule has 0 aromatic heterocycles. The van der Waals surface area contributed by atoms with E-state index in [1.807, 2.05) is 0 Å². The molecule has 0 spiro atoms. The Morgan fingerprint density at radius 3 is 2.50 bits per heavy atom. The Hall–Kier alpha value is -0.120. The smallest absolute Gasteiger partial charge is 0.0811 e. The summed E-state index contributed by atoms with van der Waals surface area (Å²) in [5.41, 5.74) is 0. The molecule has 2 heterocycles. The molecule has 0 aliphatic carbocycles. The van der Waals surface area contributed by atoms with Crippen molar-refractivity contribution in [2.75, 3.05) is 26.2 Å². The standard InChI is InChI=1S/C9H17NO2/c11-7-9-3-2-8(12-9)6-10-4-1-5-10/h8-9,11H,1-7H2/t8-,9+/m1/s1. The number of nitrogens with zero attached hydrogens (tertiary/aromatic N) is 1. The van der Waals surface area contributed by atoms with Gasteiger partial charge in [0.2, 0.25) is 0 Å². The fourth-order valence-corrected chi connectivity index (χ4v) is 1.90. The summed E-state index contributed by atoms with van der Waals surface area (Å²) in [6.45, 7) is 3.75. The lowest BCUT2D eigenvalue weighted by molar-refractivity contribution is -0.0117. The van der Waals surface area contributed by atoms with Gasteiger partial charge in [0.05, 0.1) is 18.8 Å². The molecule has 0 aromatic carbocycles. The zero-order chi connectivity index (χ0) is 8.39. The van der Waals surface area contributed by atoms with E-state index in [1.165, 1.54) is 19.5 Å². The fraction of sp³-hybridized carbons (Fsp3) is 1.00. The van der Waals surface area contributed by atoms with Crippen molar-refractivity contribution in [1.82, 2.24) is 4.90 Å². The average Bonchev–Trinajstić information content (AvgIpc) is 2.44. The van der Waals surface area contributed by atoms with Crippen LogP contribution in [-0.2, 0) is 4.74 Å². The highest BCUT2D eigenvalue weighted by molar-refractivity contribution is 4.79. The van der Waals surface area contributed by atoms with Crippen molar-refractivity contribution < 1.29 is 9.84 Å². The van der Waals surface area contributed by atoms with E-state index >= 15 is 0 Å². The highest BCUT2D eigenvalue weighted by atomic mass is 16.5. The Balaban J connectivity index is 1.68. The monoisotopic (exact) mass is 171 g/mol. The van der Waals surface area contributed by atoms with Crippen LogP contribution in [0, 0.1) is 0 Å². The molecule has 12 heavy (non-hydrogen) atoms. The minimum atomic E-state index is 0.122. The molecule has 2 aliphatic rings. The maximum absolute atomic E-state index is 8.85. The van der Waals surface area contributed by atoms with E-state index in [2.05, 4.69) is 4.90 Å². The van der Waals surface area contributed by atoms with Crippen LogP contribution in [0.3, 0.4) is 0 Å². The second kappa shape index (κ2) is 3.73. The fourth-order valence-electron chi connectivity index (χ4n) is 1.90. The molecule has 0 unspecified atom stereocenters. The number of hydrogen-bond acceptors (Lipinski definition) is 3. The van der Waals surface area contributed by atoms with E-state index in [9.17, 15) is 0 Å². The van der Waals surface area contributed by atoms with Crippen molar-refractivity contribution in [3.05, 3.63) is 0 Å². The van der Waals surface area contributed by atoms with E-state index in [0.29, 0.717) is 6.10 Å². The minimum Gasteiger partial charge on any atom is -0.394 e. The maximum atomic E-state index is 8.85. The summed E-state index contributed by atoms with van der Waals surface area (Å²) in [6.07, 6.45) is 4.02. The number of likely N-dealkylation sites (tertiary alicyclic amines) is 1. The molecule has 0 radical (unpaired) electrons. The largest absolute Gasteiger partial charge is 0.394 e. The Morgan fingerprint density at radius 1 is 1.25 bits per heavy atom. The number of ether oxygens (including phenoxy) is 1. The third kappa shape index (κ3) is 1.79. The highest BCUT2D eigenvalue weighted by Gasteiger charge is 2.27. The summed E-state index contributed by atoms with van der Waals surface area (Å²) in [5, 5.41) is 8.85. The van der Waals surface area contributed by atoms with Crippen LogP contribution in [-0.4, -0.2) is 48.5 Å². The second-order valence-electron chi connectivity index (χ2n) is 3.79. The van der Waals surface area contributed by atoms with Gasteiger partial charge in [-0.1, -0.05) is 0 Å². The van der Waals surface area contributed by atoms with E-state index in [0.717, 1.165) is 19.4 Å². The summed E-state index contributed by atoms with van der Waals surface area (Å²) in [7, 11) is 0. The van der Waals surface area contributed by atoms with Crippen molar-refractivity contribution in [3.8, 4) is 0 Å². The molecule has 0 amide bonds. The molecule has 1 N–H and O–H groups in total. The lowest BCUT2D eigenvalue weighted by Crippen LogP contribution is -2.42. The van der Waals surface area contributed by atoms with Crippen LogP contribution in [0.4, 0.5) is 0 Å². The van der Waals surface area contributed by atoms with E-state index < -0.39 is 0 Å². The summed E-state index contributed by atoms with van der Waals surface area (Å²) < 4.78 is 5.63. The van der Waals surface area contributed by atoms with Crippen LogP contribution < -0.4 is 0 Å². The summed E-state index contributed by atoms with van der Waals surface area (Å²) >= 11 is 0. The molecule has 0 aromatic rings. The summed E-state index contributed by atoms with van der Waals surface area (Å²) in [5.74, 6) is 0. The Kier molecular flexibility index (Phi) is 2.63. The first-order valence-electron chi connectivity index (χ1n) is 4.87. The molecule has 2 rings (SSSR count). The maximum Gasteiger partial charge on any atom is 0.0811 e. The number of rotatable bonds is 3.